The van der Waals surface area contributed by atoms with E-state index in [0.29, 0.717) is 0 Å². The van der Waals surface area contributed by atoms with Gasteiger partial charge in [-0.3, -0.25) is 0 Å². The topological polar surface area (TPSA) is 31.4 Å². The van der Waals surface area contributed by atoms with Crippen molar-refractivity contribution in [3.05, 3.63) is 9.96 Å². The van der Waals surface area contributed by atoms with Gasteiger partial charge in [0, 0.05) is 0 Å². The summed E-state index contributed by atoms with van der Waals surface area (Å²) in [7, 11) is -2.38. The number of rotatable bonds is 10. The van der Waals surface area contributed by atoms with E-state index in [4.69, 9.17) is 4.98 Å². The third-order valence-electron chi connectivity index (χ3n) is 4.44. The minimum atomic E-state index is -1.23. The molecule has 0 aliphatic heterocycles. The Morgan fingerprint density at radius 2 is 1.20 bits per heavy atom. The molecule has 0 rings (SSSR count). The van der Waals surface area contributed by atoms with Crippen LogP contribution in [0, 0.1) is 0 Å². The van der Waals surface area contributed by atoms with E-state index >= 15 is 0 Å². The first-order valence-electron chi connectivity index (χ1n) is 10.0. The first-order chi connectivity index (χ1) is 10.9. The molecule has 0 unspecified atom stereocenters. The molecule has 6 heteroatoms. The van der Waals surface area contributed by atoms with Gasteiger partial charge in [0.1, 0.15) is 0 Å². The first kappa shape index (κ1) is 30.5. The Labute approximate surface area is 172 Å². The van der Waals surface area contributed by atoms with Crippen molar-refractivity contribution in [2.24, 2.45) is 0 Å². The van der Waals surface area contributed by atoms with Crippen LogP contribution in [0.2, 0.25) is 37.8 Å². The summed E-state index contributed by atoms with van der Waals surface area (Å²) in [5, 5.41) is 0. The van der Waals surface area contributed by atoms with Gasteiger partial charge in [0.15, 0.2) is 0 Å². The molecule has 0 saturated heterocycles. The first-order valence-corrected chi connectivity index (χ1v) is 16.0. The van der Waals surface area contributed by atoms with Crippen LogP contribution in [0.5, 0.6) is 0 Å². The van der Waals surface area contributed by atoms with E-state index < -0.39 is 16.5 Å². The van der Waals surface area contributed by atoms with Crippen molar-refractivity contribution in [3.63, 3.8) is 0 Å². The molecule has 0 heterocycles. The van der Waals surface area contributed by atoms with Crippen molar-refractivity contribution < 1.29 is 16.8 Å². The standard InChI is InChI=1S/C10H24NSi.C9H23N2Si.Co/c1-7-12(8-2,9-3)11-10(4,5)6;1-6-11(7-2)9-8-10-12(3,4)5;/h7-9H2,1-6H3;6-9H2,1-5H3;/q2*-1;+3. The van der Waals surface area contributed by atoms with Gasteiger partial charge < -0.3 is 14.9 Å². The van der Waals surface area contributed by atoms with Gasteiger partial charge in [0.25, 0.3) is 0 Å². The van der Waals surface area contributed by atoms with Crippen LogP contribution < -0.4 is 0 Å². The van der Waals surface area contributed by atoms with Crippen LogP contribution in [-0.2, 0) is 16.8 Å². The molecule has 0 aromatic rings. The molecule has 0 bridgehead atoms. The molecule has 0 aromatic heterocycles. The zero-order valence-electron chi connectivity index (χ0n) is 19.1. The van der Waals surface area contributed by atoms with Crippen LogP contribution in [-0.4, -0.2) is 53.1 Å². The predicted molar refractivity (Wildman–Crippen MR) is 120 cm³/mol. The maximum absolute atomic E-state index is 5.03. The molecule has 0 N–H and O–H groups in total. The Bertz CT molecular complexity index is 286. The molecule has 0 aliphatic carbocycles. The maximum Gasteiger partial charge on any atom is 3.00 e. The predicted octanol–water partition coefficient (Wildman–Crippen LogP) is 6.70. The normalized spacial score (nSPS) is 12.5. The summed E-state index contributed by atoms with van der Waals surface area (Å²) in [6.07, 6.45) is 0. The van der Waals surface area contributed by atoms with Crippen LogP contribution in [0.25, 0.3) is 9.96 Å². The maximum atomic E-state index is 5.03. The van der Waals surface area contributed by atoms with E-state index in [-0.39, 0.29) is 22.3 Å². The molecule has 0 aromatic carbocycles. The van der Waals surface area contributed by atoms with E-state index in [0.717, 1.165) is 26.2 Å². The second kappa shape index (κ2) is 14.8. The Morgan fingerprint density at radius 3 is 1.40 bits per heavy atom. The fraction of sp³-hybridized carbons (Fsp3) is 1.00. The molecule has 25 heavy (non-hydrogen) atoms. The van der Waals surface area contributed by atoms with Gasteiger partial charge in [-0.15, -0.1) is 12.1 Å². The summed E-state index contributed by atoms with van der Waals surface area (Å²) in [5.41, 5.74) is 0.175. The summed E-state index contributed by atoms with van der Waals surface area (Å²) in [6, 6.07) is 3.91. The van der Waals surface area contributed by atoms with Crippen molar-refractivity contribution >= 4 is 16.5 Å². The largest absolute Gasteiger partial charge is 3.00 e. The van der Waals surface area contributed by atoms with Gasteiger partial charge in [0.05, 0.1) is 0 Å². The van der Waals surface area contributed by atoms with E-state index in [2.05, 4.69) is 84.9 Å². The third kappa shape index (κ3) is 18.0. The summed E-state index contributed by atoms with van der Waals surface area (Å²) in [5.74, 6) is 0. The molecular weight excluding hydrogens is 385 g/mol. The zero-order chi connectivity index (χ0) is 19.4. The molecule has 0 aliphatic rings. The summed E-state index contributed by atoms with van der Waals surface area (Å²) >= 11 is 0. The zero-order valence-corrected chi connectivity index (χ0v) is 22.2. The van der Waals surface area contributed by atoms with E-state index in [9.17, 15) is 0 Å². The van der Waals surface area contributed by atoms with Crippen molar-refractivity contribution in [1.29, 1.82) is 0 Å². The molecule has 154 valence electrons. The Hall–Kier alpha value is 0.820. The molecule has 0 atom stereocenters. The molecule has 0 fully saturated rings. The summed E-state index contributed by atoms with van der Waals surface area (Å²) in [6.45, 7) is 29.3. The van der Waals surface area contributed by atoms with Gasteiger partial charge in [-0.25, -0.2) is 0 Å². The fourth-order valence-electron chi connectivity index (χ4n) is 2.77. The number of hydrogen-bond donors (Lipinski definition) is 0. The van der Waals surface area contributed by atoms with Crippen LogP contribution in [0.1, 0.15) is 55.4 Å². The van der Waals surface area contributed by atoms with Crippen molar-refractivity contribution in [2.45, 2.75) is 98.7 Å². The number of likely N-dealkylation sites (N-methyl/N-ethyl adjacent to an activating group) is 1. The average molecular weight is 433 g/mol. The van der Waals surface area contributed by atoms with Crippen LogP contribution in [0.3, 0.4) is 0 Å². The van der Waals surface area contributed by atoms with E-state index in [1.807, 2.05) is 0 Å². The minimum absolute atomic E-state index is 0. The van der Waals surface area contributed by atoms with Crippen molar-refractivity contribution in [2.75, 3.05) is 26.2 Å². The van der Waals surface area contributed by atoms with Crippen LogP contribution in [0.4, 0.5) is 0 Å². The Kier molecular flexibility index (Phi) is 18.1. The van der Waals surface area contributed by atoms with Crippen molar-refractivity contribution in [1.82, 2.24) is 4.90 Å². The van der Waals surface area contributed by atoms with E-state index in [1.165, 1.54) is 18.1 Å². The van der Waals surface area contributed by atoms with Gasteiger partial charge >= 0.3 is 16.8 Å². The molecule has 0 saturated carbocycles. The fourth-order valence-corrected chi connectivity index (χ4v) is 6.93. The monoisotopic (exact) mass is 432 g/mol. The third-order valence-corrected chi connectivity index (χ3v) is 10.7. The average Bonchev–Trinajstić information content (AvgIpc) is 2.48. The van der Waals surface area contributed by atoms with E-state index in [1.54, 1.807) is 0 Å². The van der Waals surface area contributed by atoms with Gasteiger partial charge in [-0.2, -0.15) is 0 Å². The molecule has 0 amide bonds. The molecule has 0 spiro atoms. The Morgan fingerprint density at radius 1 is 0.800 bits per heavy atom. The molecule has 3 nitrogen and oxygen atoms in total. The number of hydrogen-bond acceptors (Lipinski definition) is 1. The van der Waals surface area contributed by atoms with Gasteiger partial charge in [-0.05, 0) is 19.6 Å². The molecule has 0 radical (unpaired) electrons. The second-order valence-corrected chi connectivity index (χ2v) is 18.1. The second-order valence-electron chi connectivity index (χ2n) is 8.65. The quantitative estimate of drug-likeness (QED) is 0.353. The SMILES string of the molecule is CCN(CC)CC[N-][Si](C)(C)C.CC[Si](CC)(CC)[N-]C(C)(C)C.[Co+3]. The van der Waals surface area contributed by atoms with Crippen LogP contribution >= 0.6 is 0 Å². The molecular formula is C19H47CoN3Si2+. The summed E-state index contributed by atoms with van der Waals surface area (Å²) in [4.78, 5) is 12.1. The number of nitrogens with zero attached hydrogens (tertiary/aromatic N) is 3. The minimum Gasteiger partial charge on any atom is -0.664 e. The Balaban J connectivity index is -0.000000372. The van der Waals surface area contributed by atoms with Gasteiger partial charge in [-0.1, -0.05) is 110 Å². The van der Waals surface area contributed by atoms with Crippen molar-refractivity contribution in [3.8, 4) is 0 Å². The van der Waals surface area contributed by atoms with Crippen LogP contribution in [0.15, 0.2) is 0 Å². The summed E-state index contributed by atoms with van der Waals surface area (Å²) < 4.78 is 0. The smallest absolute Gasteiger partial charge is 0.664 e. The van der Waals surface area contributed by atoms with Gasteiger partial charge in [0.2, 0.25) is 0 Å².